The van der Waals surface area contributed by atoms with E-state index in [1.807, 2.05) is 0 Å². The number of rotatable bonds is 5. The second kappa shape index (κ2) is 4.98. The van der Waals surface area contributed by atoms with Crippen LogP contribution in [0.4, 0.5) is 0 Å². The minimum absolute atomic E-state index is 0.167. The number of hydrogen-bond acceptors (Lipinski definition) is 2. The minimum atomic E-state index is -0.786. The molecule has 2 atom stereocenters. The summed E-state index contributed by atoms with van der Waals surface area (Å²) in [6.45, 7) is 0. The maximum atomic E-state index is 10.5. The Morgan fingerprint density at radius 1 is 1.07 bits per heavy atom. The van der Waals surface area contributed by atoms with Gasteiger partial charge in [-0.15, -0.1) is 0 Å². The molecule has 1 aliphatic rings. The molecule has 4 heteroatoms. The van der Waals surface area contributed by atoms with Gasteiger partial charge in [0.05, 0.1) is 0 Å². The lowest BCUT2D eigenvalue weighted by atomic mass is 9.89. The van der Waals surface area contributed by atoms with Gasteiger partial charge < -0.3 is 10.2 Å². The van der Waals surface area contributed by atoms with Crippen molar-refractivity contribution in [2.75, 3.05) is 0 Å². The Morgan fingerprint density at radius 2 is 1.71 bits per heavy atom. The van der Waals surface area contributed by atoms with Crippen LogP contribution in [0.15, 0.2) is 0 Å². The Hall–Kier alpha value is -1.06. The first kappa shape index (κ1) is 11.0. The Bertz CT molecular complexity index is 224. The number of carbonyl (C=O) groups is 2. The summed E-state index contributed by atoms with van der Waals surface area (Å²) in [6, 6.07) is 0. The van der Waals surface area contributed by atoms with Crippen molar-refractivity contribution in [1.82, 2.24) is 0 Å². The minimum Gasteiger partial charge on any atom is -0.481 e. The second-order valence-electron chi connectivity index (χ2n) is 3.98. The molecule has 1 rings (SSSR count). The van der Waals surface area contributed by atoms with Crippen LogP contribution >= 0.6 is 0 Å². The topological polar surface area (TPSA) is 74.6 Å². The molecule has 14 heavy (non-hydrogen) atoms. The van der Waals surface area contributed by atoms with Gasteiger partial charge in [-0.2, -0.15) is 0 Å². The van der Waals surface area contributed by atoms with Gasteiger partial charge in [-0.25, -0.2) is 0 Å². The van der Waals surface area contributed by atoms with E-state index >= 15 is 0 Å². The van der Waals surface area contributed by atoms with Gasteiger partial charge in [0.15, 0.2) is 0 Å². The third-order valence-corrected chi connectivity index (χ3v) is 2.98. The molecule has 1 saturated carbocycles. The summed E-state index contributed by atoms with van der Waals surface area (Å²) in [5.41, 5.74) is 0. The molecule has 1 fully saturated rings. The van der Waals surface area contributed by atoms with Crippen molar-refractivity contribution in [2.24, 2.45) is 11.8 Å². The molecule has 4 nitrogen and oxygen atoms in total. The summed E-state index contributed by atoms with van der Waals surface area (Å²) in [4.78, 5) is 20.9. The normalized spacial score (nSPS) is 26.3. The number of hydrogen-bond donors (Lipinski definition) is 2. The molecule has 0 aromatic rings. The maximum absolute atomic E-state index is 10.5. The van der Waals surface area contributed by atoms with E-state index in [1.54, 1.807) is 0 Å². The lowest BCUT2D eigenvalue weighted by Gasteiger charge is -2.16. The number of carboxylic acid groups (broad SMARTS) is 2. The van der Waals surface area contributed by atoms with Crippen molar-refractivity contribution in [3.05, 3.63) is 0 Å². The number of carboxylic acids is 2. The zero-order chi connectivity index (χ0) is 10.6. The van der Waals surface area contributed by atoms with E-state index in [9.17, 15) is 9.59 Å². The standard InChI is InChI=1S/C10H16O4/c11-9(12)5-4-7-2-1-3-8(7)6-10(13)14/h7-8H,1-6H2,(H,11,12)(H,13,14). The predicted octanol–water partition coefficient (Wildman–Crippen LogP) is 1.74. The van der Waals surface area contributed by atoms with Gasteiger partial charge in [0.2, 0.25) is 0 Å². The molecule has 0 bridgehead atoms. The Morgan fingerprint density at radius 3 is 2.29 bits per heavy atom. The molecule has 0 amide bonds. The fourth-order valence-corrected chi connectivity index (χ4v) is 2.30. The molecule has 0 aliphatic heterocycles. The van der Waals surface area contributed by atoms with Gasteiger partial charge in [-0.1, -0.05) is 12.8 Å². The highest BCUT2D eigenvalue weighted by Gasteiger charge is 2.28. The highest BCUT2D eigenvalue weighted by Crippen LogP contribution is 2.36. The third-order valence-electron chi connectivity index (χ3n) is 2.98. The summed E-state index contributed by atoms with van der Waals surface area (Å²) in [5, 5.41) is 17.2. The third kappa shape index (κ3) is 3.36. The predicted molar refractivity (Wildman–Crippen MR) is 50.0 cm³/mol. The van der Waals surface area contributed by atoms with E-state index in [1.165, 1.54) is 0 Å². The average Bonchev–Trinajstić information content (AvgIpc) is 2.47. The molecule has 0 spiro atoms. The lowest BCUT2D eigenvalue weighted by Crippen LogP contribution is -2.14. The molecular weight excluding hydrogens is 184 g/mol. The van der Waals surface area contributed by atoms with Gasteiger partial charge in [0.25, 0.3) is 0 Å². The zero-order valence-corrected chi connectivity index (χ0v) is 8.11. The smallest absolute Gasteiger partial charge is 0.303 e. The van der Waals surface area contributed by atoms with E-state index in [0.717, 1.165) is 19.3 Å². The van der Waals surface area contributed by atoms with Crippen LogP contribution in [-0.4, -0.2) is 22.2 Å². The molecule has 80 valence electrons. The van der Waals surface area contributed by atoms with Crippen LogP contribution in [0.25, 0.3) is 0 Å². The first-order valence-corrected chi connectivity index (χ1v) is 5.03. The zero-order valence-electron chi connectivity index (χ0n) is 8.11. The van der Waals surface area contributed by atoms with Crippen LogP contribution in [0.1, 0.15) is 38.5 Å². The van der Waals surface area contributed by atoms with Crippen molar-refractivity contribution in [2.45, 2.75) is 38.5 Å². The summed E-state index contributed by atoms with van der Waals surface area (Å²) in [5.74, 6) is -1.04. The molecule has 2 unspecified atom stereocenters. The highest BCUT2D eigenvalue weighted by atomic mass is 16.4. The Balaban J connectivity index is 2.35. The fraction of sp³-hybridized carbons (Fsp3) is 0.800. The van der Waals surface area contributed by atoms with Crippen LogP contribution in [-0.2, 0) is 9.59 Å². The van der Waals surface area contributed by atoms with Crippen molar-refractivity contribution in [3.63, 3.8) is 0 Å². The molecular formula is C10H16O4. The fourth-order valence-electron chi connectivity index (χ4n) is 2.30. The molecule has 0 heterocycles. The summed E-state index contributed by atoms with van der Waals surface area (Å²) < 4.78 is 0. The second-order valence-corrected chi connectivity index (χ2v) is 3.98. The van der Waals surface area contributed by atoms with Crippen LogP contribution in [0.2, 0.25) is 0 Å². The summed E-state index contributed by atoms with van der Waals surface area (Å²) in [6.07, 6.45) is 3.97. The first-order valence-electron chi connectivity index (χ1n) is 5.03. The molecule has 0 aromatic heterocycles. The maximum Gasteiger partial charge on any atom is 0.303 e. The van der Waals surface area contributed by atoms with E-state index in [4.69, 9.17) is 10.2 Å². The van der Waals surface area contributed by atoms with Gasteiger partial charge in [-0.05, 0) is 24.7 Å². The van der Waals surface area contributed by atoms with E-state index in [2.05, 4.69) is 0 Å². The van der Waals surface area contributed by atoms with Crippen LogP contribution in [0.5, 0.6) is 0 Å². The van der Waals surface area contributed by atoms with Crippen molar-refractivity contribution in [1.29, 1.82) is 0 Å². The van der Waals surface area contributed by atoms with E-state index < -0.39 is 11.9 Å². The van der Waals surface area contributed by atoms with Gasteiger partial charge in [0, 0.05) is 12.8 Å². The molecule has 2 N–H and O–H groups in total. The van der Waals surface area contributed by atoms with Crippen molar-refractivity contribution >= 4 is 11.9 Å². The van der Waals surface area contributed by atoms with Gasteiger partial charge >= 0.3 is 11.9 Å². The van der Waals surface area contributed by atoms with Gasteiger partial charge in [0.1, 0.15) is 0 Å². The molecule has 1 aliphatic carbocycles. The van der Waals surface area contributed by atoms with Crippen molar-refractivity contribution < 1.29 is 19.8 Å². The Labute approximate surface area is 82.9 Å². The average molecular weight is 200 g/mol. The lowest BCUT2D eigenvalue weighted by molar-refractivity contribution is -0.138. The van der Waals surface area contributed by atoms with Crippen LogP contribution in [0, 0.1) is 11.8 Å². The Kier molecular flexibility index (Phi) is 3.92. The van der Waals surface area contributed by atoms with E-state index in [-0.39, 0.29) is 18.8 Å². The van der Waals surface area contributed by atoms with Crippen molar-refractivity contribution in [3.8, 4) is 0 Å². The molecule has 0 aromatic carbocycles. The largest absolute Gasteiger partial charge is 0.481 e. The first-order chi connectivity index (χ1) is 6.59. The van der Waals surface area contributed by atoms with Gasteiger partial charge in [-0.3, -0.25) is 9.59 Å². The summed E-state index contributed by atoms with van der Waals surface area (Å²) >= 11 is 0. The van der Waals surface area contributed by atoms with Crippen LogP contribution < -0.4 is 0 Å². The van der Waals surface area contributed by atoms with E-state index in [0.29, 0.717) is 12.3 Å². The highest BCUT2D eigenvalue weighted by molar-refractivity contribution is 5.67. The molecule has 0 saturated heterocycles. The van der Waals surface area contributed by atoms with Crippen LogP contribution in [0.3, 0.4) is 0 Å². The monoisotopic (exact) mass is 200 g/mol. The molecule has 0 radical (unpaired) electrons. The quantitative estimate of drug-likeness (QED) is 0.708. The number of aliphatic carboxylic acids is 2. The summed E-state index contributed by atoms with van der Waals surface area (Å²) in [7, 11) is 0. The SMILES string of the molecule is O=C(O)CCC1CCCC1CC(=O)O.